The van der Waals surface area contributed by atoms with Gasteiger partial charge in [-0.15, -0.1) is 0 Å². The second-order valence-corrected chi connectivity index (χ2v) is 7.72. The Kier molecular flexibility index (Phi) is 5.21. The van der Waals surface area contributed by atoms with Gasteiger partial charge in [0, 0.05) is 0 Å². The van der Waals surface area contributed by atoms with Crippen molar-refractivity contribution >= 4 is 18.4 Å². The molecule has 2 rings (SSSR count). The zero-order chi connectivity index (χ0) is 15.5. The highest BCUT2D eigenvalue weighted by Crippen LogP contribution is 2.53. The maximum Gasteiger partial charge on any atom is 0.335 e. The van der Waals surface area contributed by atoms with Crippen molar-refractivity contribution in [3.63, 3.8) is 0 Å². The lowest BCUT2D eigenvalue weighted by atomic mass is 10.1. The first kappa shape index (κ1) is 16.2. The third-order valence-corrected chi connectivity index (χ3v) is 5.17. The van der Waals surface area contributed by atoms with Crippen LogP contribution in [0.1, 0.15) is 33.3 Å². The second-order valence-electron chi connectivity index (χ2n) is 5.76. The second kappa shape index (κ2) is 6.74. The first-order valence-corrected chi connectivity index (χ1v) is 9.04. The maximum atomic E-state index is 12.9. The molecule has 0 fully saturated rings. The Labute approximate surface area is 126 Å². The van der Waals surface area contributed by atoms with Crippen LogP contribution in [0, 0.1) is 0 Å². The summed E-state index contributed by atoms with van der Waals surface area (Å²) in [6.45, 7) is 7.49. The average Bonchev–Trinajstić information content (AvgIpc) is 2.36. The van der Waals surface area contributed by atoms with Gasteiger partial charge in [-0.25, -0.2) is 0 Å². The van der Waals surface area contributed by atoms with Gasteiger partial charge in [-0.3, -0.25) is 4.57 Å². The molecular weight excluding hydrogens is 283 g/mol. The van der Waals surface area contributed by atoms with Crippen molar-refractivity contribution in [2.24, 2.45) is 0 Å². The van der Waals surface area contributed by atoms with Crippen molar-refractivity contribution < 1.29 is 13.6 Å². The van der Waals surface area contributed by atoms with Gasteiger partial charge in [0.25, 0.3) is 0 Å². The van der Waals surface area contributed by atoms with E-state index in [1.54, 1.807) is 0 Å². The van der Waals surface area contributed by atoms with E-state index in [2.05, 4.69) is 18.2 Å². The molecular formula is C17H23O3P. The summed E-state index contributed by atoms with van der Waals surface area (Å²) in [5.41, 5.74) is 0.971. The van der Waals surface area contributed by atoms with Crippen molar-refractivity contribution in [3.8, 4) is 0 Å². The monoisotopic (exact) mass is 306 g/mol. The summed E-state index contributed by atoms with van der Waals surface area (Å²) in [5, 5.41) is 2.31. The first-order chi connectivity index (χ1) is 9.88. The summed E-state index contributed by atoms with van der Waals surface area (Å²) in [6.07, 6.45) is 0.0406. The summed E-state index contributed by atoms with van der Waals surface area (Å²) in [7, 11) is -3.13. The quantitative estimate of drug-likeness (QED) is 0.672. The van der Waals surface area contributed by atoms with Crippen molar-refractivity contribution in [1.29, 1.82) is 0 Å². The Hall–Kier alpha value is -1.15. The topological polar surface area (TPSA) is 35.5 Å². The molecule has 0 saturated carbocycles. The fraction of sp³-hybridized carbons (Fsp3) is 0.412. The zero-order valence-corrected chi connectivity index (χ0v) is 14.0. The Bertz CT molecular complexity index is 635. The standard InChI is InChI=1S/C17H23O3P/c1-13(2)19-21(18,20-14(3)4)12-15-9-10-16-7-5-6-8-17(16)11-15/h5-11,13-14H,12H2,1-4H3. The van der Waals surface area contributed by atoms with Gasteiger partial charge in [0.15, 0.2) is 0 Å². The third-order valence-electron chi connectivity index (χ3n) is 2.93. The molecule has 0 amide bonds. The summed E-state index contributed by atoms with van der Waals surface area (Å²) in [4.78, 5) is 0. The molecule has 0 aromatic heterocycles. The predicted molar refractivity (Wildman–Crippen MR) is 87.7 cm³/mol. The lowest BCUT2D eigenvalue weighted by Crippen LogP contribution is -2.09. The Morgan fingerprint density at radius 1 is 0.905 bits per heavy atom. The highest BCUT2D eigenvalue weighted by atomic mass is 31.2. The molecule has 0 aliphatic rings. The van der Waals surface area contributed by atoms with E-state index >= 15 is 0 Å². The Balaban J connectivity index is 2.27. The first-order valence-electron chi connectivity index (χ1n) is 7.31. The molecule has 3 nitrogen and oxygen atoms in total. The minimum absolute atomic E-state index is 0.130. The fourth-order valence-corrected chi connectivity index (χ4v) is 4.43. The minimum atomic E-state index is -3.13. The molecule has 0 aliphatic heterocycles. The molecule has 0 aliphatic carbocycles. The van der Waals surface area contributed by atoms with Gasteiger partial charge in [-0.2, -0.15) is 0 Å². The van der Waals surface area contributed by atoms with Crippen LogP contribution in [-0.4, -0.2) is 12.2 Å². The van der Waals surface area contributed by atoms with Crippen LogP contribution in [0.25, 0.3) is 10.8 Å². The van der Waals surface area contributed by atoms with E-state index in [1.165, 1.54) is 5.39 Å². The minimum Gasteiger partial charge on any atom is -0.306 e. The predicted octanol–water partition coefficient (Wildman–Crippen LogP) is 5.38. The van der Waals surface area contributed by atoms with E-state index in [9.17, 15) is 4.57 Å². The van der Waals surface area contributed by atoms with Crippen LogP contribution < -0.4 is 0 Å². The van der Waals surface area contributed by atoms with Crippen LogP contribution in [0.4, 0.5) is 0 Å². The average molecular weight is 306 g/mol. The van der Waals surface area contributed by atoms with Crippen LogP contribution in [0.15, 0.2) is 42.5 Å². The summed E-state index contributed by atoms with van der Waals surface area (Å²) >= 11 is 0. The van der Waals surface area contributed by atoms with E-state index in [-0.39, 0.29) is 12.2 Å². The Morgan fingerprint density at radius 2 is 1.48 bits per heavy atom. The SMILES string of the molecule is CC(C)OP(=O)(Cc1ccc2ccccc2c1)OC(C)C. The van der Waals surface area contributed by atoms with Gasteiger partial charge >= 0.3 is 7.60 Å². The number of rotatable bonds is 6. The number of hydrogen-bond donors (Lipinski definition) is 0. The van der Waals surface area contributed by atoms with E-state index in [4.69, 9.17) is 9.05 Å². The van der Waals surface area contributed by atoms with Gasteiger partial charge < -0.3 is 9.05 Å². The van der Waals surface area contributed by atoms with Crippen LogP contribution in [0.2, 0.25) is 0 Å². The number of benzene rings is 2. The van der Waals surface area contributed by atoms with Crippen LogP contribution in [-0.2, 0) is 19.8 Å². The molecule has 0 atom stereocenters. The zero-order valence-electron chi connectivity index (χ0n) is 13.1. The molecule has 0 heterocycles. The molecule has 2 aromatic carbocycles. The number of fused-ring (bicyclic) bond motifs is 1. The molecule has 0 spiro atoms. The number of hydrogen-bond acceptors (Lipinski definition) is 3. The van der Waals surface area contributed by atoms with Crippen molar-refractivity contribution in [2.75, 3.05) is 0 Å². The Morgan fingerprint density at radius 3 is 2.05 bits per heavy atom. The van der Waals surface area contributed by atoms with Crippen LogP contribution >= 0.6 is 7.60 Å². The van der Waals surface area contributed by atoms with E-state index in [1.807, 2.05) is 52.0 Å². The summed E-state index contributed by atoms with van der Waals surface area (Å²) < 4.78 is 24.1. The van der Waals surface area contributed by atoms with Gasteiger partial charge in [0.1, 0.15) is 0 Å². The van der Waals surface area contributed by atoms with Crippen molar-refractivity contribution in [1.82, 2.24) is 0 Å². The van der Waals surface area contributed by atoms with Gasteiger partial charge in [-0.1, -0.05) is 42.5 Å². The molecule has 21 heavy (non-hydrogen) atoms. The molecule has 0 bridgehead atoms. The molecule has 0 N–H and O–H groups in total. The highest BCUT2D eigenvalue weighted by molar-refractivity contribution is 7.53. The fourth-order valence-electron chi connectivity index (χ4n) is 2.30. The lowest BCUT2D eigenvalue weighted by Gasteiger charge is -2.23. The van der Waals surface area contributed by atoms with Crippen LogP contribution in [0.3, 0.4) is 0 Å². The molecule has 4 heteroatoms. The smallest absolute Gasteiger partial charge is 0.306 e. The van der Waals surface area contributed by atoms with E-state index < -0.39 is 7.60 Å². The third kappa shape index (κ3) is 4.67. The lowest BCUT2D eigenvalue weighted by molar-refractivity contribution is 0.141. The van der Waals surface area contributed by atoms with Crippen molar-refractivity contribution in [3.05, 3.63) is 48.0 Å². The summed E-state index contributed by atoms with van der Waals surface area (Å²) in [6, 6.07) is 14.2. The largest absolute Gasteiger partial charge is 0.335 e. The molecule has 0 saturated heterocycles. The van der Waals surface area contributed by atoms with Gasteiger partial charge in [-0.05, 0) is 44.0 Å². The van der Waals surface area contributed by atoms with Crippen LogP contribution in [0.5, 0.6) is 0 Å². The maximum absolute atomic E-state index is 12.9. The molecule has 114 valence electrons. The van der Waals surface area contributed by atoms with E-state index in [0.717, 1.165) is 10.9 Å². The summed E-state index contributed by atoms with van der Waals surface area (Å²) in [5.74, 6) is 0. The molecule has 0 radical (unpaired) electrons. The van der Waals surface area contributed by atoms with Gasteiger partial charge in [0.2, 0.25) is 0 Å². The normalized spacial score (nSPS) is 12.5. The van der Waals surface area contributed by atoms with E-state index in [0.29, 0.717) is 6.16 Å². The molecule has 2 aromatic rings. The van der Waals surface area contributed by atoms with Crippen molar-refractivity contribution in [2.45, 2.75) is 46.1 Å². The molecule has 0 unspecified atom stereocenters. The van der Waals surface area contributed by atoms with Gasteiger partial charge in [0.05, 0.1) is 18.4 Å². The highest BCUT2D eigenvalue weighted by Gasteiger charge is 2.28.